The number of thioether (sulfide) groups is 1. The Morgan fingerprint density at radius 1 is 1.14 bits per heavy atom. The molecule has 0 fully saturated rings. The minimum absolute atomic E-state index is 0.179. The Morgan fingerprint density at radius 2 is 1.86 bits per heavy atom. The lowest BCUT2D eigenvalue weighted by Crippen LogP contribution is -2.22. The fraction of sp³-hybridized carbons (Fsp3) is 0.250. The fourth-order valence-electron chi connectivity index (χ4n) is 2.72. The number of hydrogen-bond acceptors (Lipinski definition) is 6. The molecule has 0 saturated carbocycles. The lowest BCUT2D eigenvalue weighted by Gasteiger charge is -2.14. The summed E-state index contributed by atoms with van der Waals surface area (Å²) in [6, 6.07) is 16.7. The van der Waals surface area contributed by atoms with Crippen molar-refractivity contribution in [1.82, 2.24) is 19.1 Å². The molecule has 3 aromatic rings. The van der Waals surface area contributed by atoms with E-state index in [0.29, 0.717) is 16.5 Å². The van der Waals surface area contributed by atoms with Gasteiger partial charge >= 0.3 is 0 Å². The molecule has 0 bridgehead atoms. The number of nitriles is 1. The SMILES string of the molecule is Cc1cccc(-n2c(S[C@H](C)C#N)nnc2-c2cccc(S(=O)(=O)N(C)C)c2)c1. The molecule has 9 heteroatoms. The van der Waals surface area contributed by atoms with E-state index >= 15 is 0 Å². The topological polar surface area (TPSA) is 91.9 Å². The molecule has 0 spiro atoms. The van der Waals surface area contributed by atoms with Crippen molar-refractivity contribution >= 4 is 21.8 Å². The highest BCUT2D eigenvalue weighted by Gasteiger charge is 2.21. The van der Waals surface area contributed by atoms with Crippen LogP contribution < -0.4 is 0 Å². The van der Waals surface area contributed by atoms with E-state index in [2.05, 4.69) is 16.3 Å². The molecule has 0 N–H and O–H groups in total. The molecule has 1 atom stereocenters. The molecule has 1 heterocycles. The molecule has 150 valence electrons. The zero-order valence-corrected chi connectivity index (χ0v) is 18.2. The van der Waals surface area contributed by atoms with Crippen molar-refractivity contribution in [1.29, 1.82) is 5.26 Å². The lowest BCUT2D eigenvalue weighted by molar-refractivity contribution is 0.521. The van der Waals surface area contributed by atoms with Crippen molar-refractivity contribution in [2.45, 2.75) is 29.1 Å². The highest BCUT2D eigenvalue weighted by Crippen LogP contribution is 2.31. The van der Waals surface area contributed by atoms with Crippen molar-refractivity contribution in [3.63, 3.8) is 0 Å². The van der Waals surface area contributed by atoms with Crippen LogP contribution in [0.15, 0.2) is 58.6 Å². The maximum absolute atomic E-state index is 12.5. The molecule has 3 rings (SSSR count). The predicted molar refractivity (Wildman–Crippen MR) is 113 cm³/mol. The Hall–Kier alpha value is -2.67. The van der Waals surface area contributed by atoms with E-state index < -0.39 is 10.0 Å². The number of rotatable bonds is 6. The van der Waals surface area contributed by atoms with Crippen LogP contribution in [0.2, 0.25) is 0 Å². The third-order valence-electron chi connectivity index (χ3n) is 4.23. The lowest BCUT2D eigenvalue weighted by atomic mass is 10.2. The van der Waals surface area contributed by atoms with Crippen molar-refractivity contribution in [3.05, 3.63) is 54.1 Å². The Labute approximate surface area is 175 Å². The fourth-order valence-corrected chi connectivity index (χ4v) is 4.43. The van der Waals surface area contributed by atoms with Crippen LogP contribution in [0, 0.1) is 18.3 Å². The summed E-state index contributed by atoms with van der Waals surface area (Å²) in [6.07, 6.45) is 0. The Morgan fingerprint density at radius 3 is 2.52 bits per heavy atom. The number of hydrogen-bond donors (Lipinski definition) is 0. The summed E-state index contributed by atoms with van der Waals surface area (Å²) in [5.74, 6) is 0.513. The van der Waals surface area contributed by atoms with Crippen LogP contribution in [0.5, 0.6) is 0 Å². The second-order valence-electron chi connectivity index (χ2n) is 6.69. The van der Waals surface area contributed by atoms with Crippen LogP contribution in [-0.4, -0.2) is 46.8 Å². The summed E-state index contributed by atoms with van der Waals surface area (Å²) >= 11 is 1.30. The number of aromatic nitrogens is 3. The van der Waals surface area contributed by atoms with E-state index in [9.17, 15) is 13.7 Å². The minimum Gasteiger partial charge on any atom is -0.270 e. The standard InChI is InChI=1S/C20H21N5O2S2/c1-14-7-5-9-17(11-14)25-19(22-23-20(25)28-15(2)13-21)16-8-6-10-18(12-16)29(26,27)24(3)4/h5-12,15H,1-4H3/t15-/m1/s1. The zero-order chi connectivity index (χ0) is 21.2. The van der Waals surface area contributed by atoms with E-state index in [1.807, 2.05) is 35.8 Å². The van der Waals surface area contributed by atoms with E-state index in [0.717, 1.165) is 11.3 Å². The molecule has 0 aliphatic heterocycles. The maximum atomic E-state index is 12.5. The van der Waals surface area contributed by atoms with Crippen LogP contribution in [0.25, 0.3) is 17.1 Å². The molecule has 1 aromatic heterocycles. The van der Waals surface area contributed by atoms with Gasteiger partial charge in [0.2, 0.25) is 10.0 Å². The molecule has 0 aliphatic rings. The quantitative estimate of drug-likeness (QED) is 0.559. The normalized spacial score (nSPS) is 12.7. The first kappa shape index (κ1) is 21.0. The molecule has 2 aromatic carbocycles. The van der Waals surface area contributed by atoms with Crippen molar-refractivity contribution in [2.24, 2.45) is 0 Å². The Bertz CT molecular complexity index is 1180. The summed E-state index contributed by atoms with van der Waals surface area (Å²) in [6.45, 7) is 3.78. The summed E-state index contributed by atoms with van der Waals surface area (Å²) in [5.41, 5.74) is 2.53. The second kappa shape index (κ2) is 8.37. The highest BCUT2D eigenvalue weighted by atomic mass is 32.2. The molecular weight excluding hydrogens is 406 g/mol. The third kappa shape index (κ3) is 4.34. The van der Waals surface area contributed by atoms with E-state index in [1.165, 1.54) is 30.2 Å². The van der Waals surface area contributed by atoms with Gasteiger partial charge in [0, 0.05) is 25.3 Å². The molecule has 29 heavy (non-hydrogen) atoms. The first-order valence-corrected chi connectivity index (χ1v) is 11.2. The summed E-state index contributed by atoms with van der Waals surface area (Å²) in [4.78, 5) is 0.179. The van der Waals surface area contributed by atoms with Gasteiger partial charge in [0.05, 0.1) is 16.2 Å². The molecule has 0 saturated heterocycles. The van der Waals surface area contributed by atoms with Gasteiger partial charge in [-0.15, -0.1) is 10.2 Å². The maximum Gasteiger partial charge on any atom is 0.242 e. The number of aryl methyl sites for hydroxylation is 1. The first-order valence-electron chi connectivity index (χ1n) is 8.85. The minimum atomic E-state index is -3.58. The van der Waals surface area contributed by atoms with Crippen LogP contribution in [-0.2, 0) is 10.0 Å². The molecule has 0 radical (unpaired) electrons. The Kier molecular flexibility index (Phi) is 6.07. The van der Waals surface area contributed by atoms with Gasteiger partial charge in [0.25, 0.3) is 0 Å². The van der Waals surface area contributed by atoms with Gasteiger partial charge in [-0.3, -0.25) is 4.57 Å². The van der Waals surface area contributed by atoms with Crippen molar-refractivity contribution < 1.29 is 8.42 Å². The average molecular weight is 428 g/mol. The van der Waals surface area contributed by atoms with Gasteiger partial charge < -0.3 is 0 Å². The van der Waals surface area contributed by atoms with Crippen LogP contribution in [0.1, 0.15) is 12.5 Å². The predicted octanol–water partition coefficient (Wildman–Crippen LogP) is 3.50. The van der Waals surface area contributed by atoms with Crippen LogP contribution >= 0.6 is 11.8 Å². The van der Waals surface area contributed by atoms with E-state index in [-0.39, 0.29) is 10.1 Å². The molecule has 0 unspecified atom stereocenters. The van der Waals surface area contributed by atoms with Crippen molar-refractivity contribution in [2.75, 3.05) is 14.1 Å². The van der Waals surface area contributed by atoms with Crippen LogP contribution in [0.3, 0.4) is 0 Å². The highest BCUT2D eigenvalue weighted by molar-refractivity contribution is 8.00. The zero-order valence-electron chi connectivity index (χ0n) is 16.6. The number of benzene rings is 2. The van der Waals surface area contributed by atoms with Gasteiger partial charge in [0.1, 0.15) is 0 Å². The summed E-state index contributed by atoms with van der Waals surface area (Å²) in [7, 11) is -0.589. The largest absolute Gasteiger partial charge is 0.270 e. The van der Waals surface area contributed by atoms with E-state index in [4.69, 9.17) is 0 Å². The van der Waals surface area contributed by atoms with Crippen LogP contribution in [0.4, 0.5) is 0 Å². The van der Waals surface area contributed by atoms with Gasteiger partial charge in [-0.05, 0) is 43.7 Å². The molecule has 7 nitrogen and oxygen atoms in total. The molecular formula is C20H21N5O2S2. The summed E-state index contributed by atoms with van der Waals surface area (Å²) in [5, 5.41) is 18.1. The first-order chi connectivity index (χ1) is 13.7. The third-order valence-corrected chi connectivity index (χ3v) is 6.97. The number of nitrogens with zero attached hydrogens (tertiary/aromatic N) is 5. The van der Waals surface area contributed by atoms with Gasteiger partial charge in [0.15, 0.2) is 11.0 Å². The molecule has 0 aliphatic carbocycles. The van der Waals surface area contributed by atoms with Gasteiger partial charge in [-0.1, -0.05) is 36.0 Å². The van der Waals surface area contributed by atoms with Gasteiger partial charge in [-0.2, -0.15) is 5.26 Å². The van der Waals surface area contributed by atoms with Gasteiger partial charge in [-0.25, -0.2) is 12.7 Å². The second-order valence-corrected chi connectivity index (χ2v) is 10.1. The monoisotopic (exact) mass is 427 g/mol. The van der Waals surface area contributed by atoms with E-state index in [1.54, 1.807) is 31.2 Å². The smallest absolute Gasteiger partial charge is 0.242 e. The molecule has 0 amide bonds. The Balaban J connectivity index is 2.20. The summed E-state index contributed by atoms with van der Waals surface area (Å²) < 4.78 is 28.1. The average Bonchev–Trinajstić information content (AvgIpc) is 3.11. The van der Waals surface area contributed by atoms with Crippen molar-refractivity contribution in [3.8, 4) is 23.1 Å². The number of sulfonamides is 1.